The number of hydrogen-bond donors (Lipinski definition) is 2. The summed E-state index contributed by atoms with van der Waals surface area (Å²) in [6.07, 6.45) is 0. The van der Waals surface area contributed by atoms with Crippen molar-refractivity contribution in [3.8, 4) is 0 Å². The summed E-state index contributed by atoms with van der Waals surface area (Å²) in [6, 6.07) is 9.12. The number of nitro benzene ring substituents is 1. The molecule has 1 aliphatic rings. The van der Waals surface area contributed by atoms with E-state index < -0.39 is 10.8 Å². The monoisotopic (exact) mass is 454 g/mol. The van der Waals surface area contributed by atoms with Crippen LogP contribution in [0.1, 0.15) is 10.4 Å². The average molecular weight is 455 g/mol. The molecule has 8 nitrogen and oxygen atoms in total. The van der Waals surface area contributed by atoms with Gasteiger partial charge < -0.3 is 15.0 Å². The second-order valence-electron chi connectivity index (χ2n) is 6.10. The van der Waals surface area contributed by atoms with Crippen molar-refractivity contribution in [3.63, 3.8) is 0 Å². The number of morpholine rings is 1. The van der Waals surface area contributed by atoms with E-state index >= 15 is 0 Å². The largest absolute Gasteiger partial charge is 0.378 e. The van der Waals surface area contributed by atoms with E-state index in [2.05, 4.69) is 10.6 Å². The van der Waals surface area contributed by atoms with Crippen LogP contribution >= 0.6 is 35.4 Å². The molecule has 11 heteroatoms. The average Bonchev–Trinajstić information content (AvgIpc) is 2.70. The molecule has 0 aliphatic carbocycles. The lowest BCUT2D eigenvalue weighted by atomic mass is 10.1. The maximum absolute atomic E-state index is 12.5. The first-order chi connectivity index (χ1) is 13.8. The standard InChI is InChI=1S/C18H16Cl2N4O4S/c19-13-3-2-12(10-14(13)20)21-18(29)22-17(25)11-1-4-15(16(9-11)24(26)27)23-5-7-28-8-6-23/h1-4,9-10H,5-8H2,(H2,21,22,25,29). The van der Waals surface area contributed by atoms with E-state index in [4.69, 9.17) is 40.2 Å². The van der Waals surface area contributed by atoms with Crippen LogP contribution in [0, 0.1) is 10.1 Å². The molecule has 0 radical (unpaired) electrons. The Hall–Kier alpha value is -2.46. The summed E-state index contributed by atoms with van der Waals surface area (Å²) in [6.45, 7) is 2.08. The number of carbonyl (C=O) groups is 1. The molecule has 0 bridgehead atoms. The minimum Gasteiger partial charge on any atom is -0.378 e. The molecular weight excluding hydrogens is 439 g/mol. The molecule has 152 valence electrons. The van der Waals surface area contributed by atoms with Gasteiger partial charge in [0.2, 0.25) is 0 Å². The van der Waals surface area contributed by atoms with Crippen LogP contribution in [0.3, 0.4) is 0 Å². The number of anilines is 2. The molecule has 2 aromatic rings. The molecular formula is C18H16Cl2N4O4S. The normalized spacial score (nSPS) is 13.7. The molecule has 2 aromatic carbocycles. The number of halogens is 2. The van der Waals surface area contributed by atoms with Crippen molar-refractivity contribution in [2.45, 2.75) is 0 Å². The number of benzene rings is 2. The molecule has 3 rings (SSSR count). The quantitative estimate of drug-likeness (QED) is 0.411. The first kappa shape index (κ1) is 21.3. The Bertz CT molecular complexity index is 967. The van der Waals surface area contributed by atoms with Crippen LogP contribution < -0.4 is 15.5 Å². The van der Waals surface area contributed by atoms with Gasteiger partial charge >= 0.3 is 0 Å². The van der Waals surface area contributed by atoms with E-state index in [1.165, 1.54) is 12.1 Å². The number of nitrogens with one attached hydrogen (secondary N) is 2. The van der Waals surface area contributed by atoms with Crippen molar-refractivity contribution in [1.82, 2.24) is 5.32 Å². The molecule has 1 heterocycles. The minimum absolute atomic E-state index is 0.0216. The first-order valence-corrected chi connectivity index (χ1v) is 9.70. The Morgan fingerprint density at radius 2 is 1.86 bits per heavy atom. The zero-order chi connectivity index (χ0) is 21.0. The summed E-state index contributed by atoms with van der Waals surface area (Å²) >= 11 is 16.9. The third-order valence-corrected chi connectivity index (χ3v) is 5.13. The molecule has 0 spiro atoms. The van der Waals surface area contributed by atoms with Gasteiger partial charge in [-0.1, -0.05) is 23.2 Å². The van der Waals surface area contributed by atoms with Gasteiger partial charge in [0, 0.05) is 30.4 Å². The summed E-state index contributed by atoms with van der Waals surface area (Å²) in [5.41, 5.74) is 0.958. The van der Waals surface area contributed by atoms with Gasteiger partial charge in [0.25, 0.3) is 11.6 Å². The highest BCUT2D eigenvalue weighted by Gasteiger charge is 2.23. The van der Waals surface area contributed by atoms with Crippen molar-refractivity contribution in [1.29, 1.82) is 0 Å². The van der Waals surface area contributed by atoms with Crippen molar-refractivity contribution < 1.29 is 14.5 Å². The maximum Gasteiger partial charge on any atom is 0.293 e. The number of rotatable bonds is 4. The number of carbonyl (C=O) groups excluding carboxylic acids is 1. The maximum atomic E-state index is 12.5. The summed E-state index contributed by atoms with van der Waals surface area (Å²) in [4.78, 5) is 25.4. The molecule has 1 fully saturated rings. The molecule has 0 saturated carbocycles. The van der Waals surface area contributed by atoms with Crippen molar-refractivity contribution >= 4 is 63.5 Å². The van der Waals surface area contributed by atoms with E-state index in [9.17, 15) is 14.9 Å². The highest BCUT2D eigenvalue weighted by atomic mass is 35.5. The first-order valence-electron chi connectivity index (χ1n) is 8.53. The molecule has 1 amide bonds. The zero-order valence-electron chi connectivity index (χ0n) is 15.0. The lowest BCUT2D eigenvalue weighted by molar-refractivity contribution is -0.384. The Balaban J connectivity index is 1.72. The van der Waals surface area contributed by atoms with E-state index in [0.717, 1.165) is 0 Å². The van der Waals surface area contributed by atoms with E-state index in [1.54, 1.807) is 24.3 Å². The fourth-order valence-corrected chi connectivity index (χ4v) is 3.30. The molecule has 1 aliphatic heterocycles. The molecule has 1 saturated heterocycles. The van der Waals surface area contributed by atoms with Crippen LogP contribution in [0.5, 0.6) is 0 Å². The summed E-state index contributed by atoms with van der Waals surface area (Å²) in [5.74, 6) is -0.570. The molecule has 0 unspecified atom stereocenters. The van der Waals surface area contributed by atoms with Gasteiger partial charge in [0.1, 0.15) is 5.69 Å². The van der Waals surface area contributed by atoms with Gasteiger partial charge in [-0.25, -0.2) is 0 Å². The van der Waals surface area contributed by atoms with E-state index in [-0.39, 0.29) is 16.4 Å². The zero-order valence-corrected chi connectivity index (χ0v) is 17.3. The second kappa shape index (κ2) is 9.36. The van der Waals surface area contributed by atoms with Crippen LogP contribution in [0.2, 0.25) is 10.0 Å². The number of nitrogens with zero attached hydrogens (tertiary/aromatic N) is 2. The van der Waals surface area contributed by atoms with Gasteiger partial charge in [-0.15, -0.1) is 0 Å². The Kier molecular flexibility index (Phi) is 6.86. The lowest BCUT2D eigenvalue weighted by Crippen LogP contribution is -2.37. The smallest absolute Gasteiger partial charge is 0.293 e. The van der Waals surface area contributed by atoms with Crippen LogP contribution in [-0.2, 0) is 4.74 Å². The molecule has 0 atom stereocenters. The molecule has 0 aromatic heterocycles. The van der Waals surface area contributed by atoms with Crippen molar-refractivity contribution in [2.75, 3.05) is 36.5 Å². The fourth-order valence-electron chi connectivity index (χ4n) is 2.79. The van der Waals surface area contributed by atoms with E-state index in [0.29, 0.717) is 47.7 Å². The summed E-state index contributed by atoms with van der Waals surface area (Å²) in [7, 11) is 0. The van der Waals surface area contributed by atoms with Crippen molar-refractivity contribution in [2.24, 2.45) is 0 Å². The number of amides is 1. The van der Waals surface area contributed by atoms with Crippen LogP contribution in [0.4, 0.5) is 17.1 Å². The second-order valence-corrected chi connectivity index (χ2v) is 7.32. The predicted octanol–water partition coefficient (Wildman–Crippen LogP) is 3.87. The van der Waals surface area contributed by atoms with Gasteiger partial charge in [0.15, 0.2) is 5.11 Å². The van der Waals surface area contributed by atoms with Crippen LogP contribution in [-0.4, -0.2) is 42.2 Å². The SMILES string of the molecule is O=C(NC(=S)Nc1ccc(Cl)c(Cl)c1)c1ccc(N2CCOCC2)c([N+](=O)[O-])c1. The molecule has 2 N–H and O–H groups in total. The lowest BCUT2D eigenvalue weighted by Gasteiger charge is -2.28. The topological polar surface area (TPSA) is 96.7 Å². The minimum atomic E-state index is -0.570. The Morgan fingerprint density at radius 1 is 1.14 bits per heavy atom. The number of hydrogen-bond acceptors (Lipinski definition) is 6. The third-order valence-electron chi connectivity index (χ3n) is 4.19. The van der Waals surface area contributed by atoms with Gasteiger partial charge in [-0.05, 0) is 42.5 Å². The fraction of sp³-hybridized carbons (Fsp3) is 0.222. The molecule has 29 heavy (non-hydrogen) atoms. The summed E-state index contributed by atoms with van der Waals surface area (Å²) < 4.78 is 5.28. The third kappa shape index (κ3) is 5.33. The van der Waals surface area contributed by atoms with Gasteiger partial charge in [-0.3, -0.25) is 20.2 Å². The Morgan fingerprint density at radius 3 is 2.52 bits per heavy atom. The highest BCUT2D eigenvalue weighted by Crippen LogP contribution is 2.30. The van der Waals surface area contributed by atoms with Gasteiger partial charge in [0.05, 0.1) is 28.2 Å². The summed E-state index contributed by atoms with van der Waals surface area (Å²) in [5, 5.41) is 17.6. The highest BCUT2D eigenvalue weighted by molar-refractivity contribution is 7.80. The van der Waals surface area contributed by atoms with Crippen LogP contribution in [0.15, 0.2) is 36.4 Å². The number of nitro groups is 1. The van der Waals surface area contributed by atoms with Crippen LogP contribution in [0.25, 0.3) is 0 Å². The van der Waals surface area contributed by atoms with Crippen molar-refractivity contribution in [3.05, 3.63) is 62.1 Å². The van der Waals surface area contributed by atoms with Gasteiger partial charge in [-0.2, -0.15) is 0 Å². The number of thiocarbonyl (C=S) groups is 1. The Labute approximate surface area is 181 Å². The predicted molar refractivity (Wildman–Crippen MR) is 116 cm³/mol. The van der Waals surface area contributed by atoms with E-state index in [1.807, 2.05) is 4.90 Å². The number of ether oxygens (including phenoxy) is 1.